The standard InChI is InChI=1S/C10H14N4O2S/c1-6-7(2)17-10(11-6)14-9(5-16-3)8(4-15)12-13-14/h15H,4-5H2,1-3H3. The normalized spacial score (nSPS) is 11.1. The average Bonchev–Trinajstić information content (AvgIpc) is 2.84. The fourth-order valence-corrected chi connectivity index (χ4v) is 2.32. The third-order valence-corrected chi connectivity index (χ3v) is 3.52. The number of aromatic nitrogens is 4. The Hall–Kier alpha value is -1.31. The van der Waals surface area contributed by atoms with E-state index in [1.807, 2.05) is 13.8 Å². The van der Waals surface area contributed by atoms with Crippen LogP contribution in [0.25, 0.3) is 5.13 Å². The van der Waals surface area contributed by atoms with Crippen LogP contribution in [0, 0.1) is 13.8 Å². The molecule has 0 amide bonds. The maximum atomic E-state index is 9.18. The number of aliphatic hydroxyl groups is 1. The van der Waals surface area contributed by atoms with Crippen LogP contribution in [0.1, 0.15) is 22.0 Å². The first-order valence-corrected chi connectivity index (χ1v) is 5.96. The van der Waals surface area contributed by atoms with Crippen molar-refractivity contribution in [2.24, 2.45) is 0 Å². The van der Waals surface area contributed by atoms with E-state index in [1.165, 1.54) is 0 Å². The molecule has 2 heterocycles. The van der Waals surface area contributed by atoms with E-state index in [0.717, 1.165) is 21.4 Å². The van der Waals surface area contributed by atoms with Crippen molar-refractivity contribution in [3.8, 4) is 5.13 Å². The maximum absolute atomic E-state index is 9.18. The van der Waals surface area contributed by atoms with Crippen molar-refractivity contribution in [3.05, 3.63) is 22.0 Å². The smallest absolute Gasteiger partial charge is 0.212 e. The van der Waals surface area contributed by atoms with Gasteiger partial charge < -0.3 is 9.84 Å². The van der Waals surface area contributed by atoms with E-state index in [4.69, 9.17) is 4.74 Å². The first kappa shape index (κ1) is 12.2. The SMILES string of the molecule is COCc1c(CO)nnn1-c1nc(C)c(C)s1. The highest BCUT2D eigenvalue weighted by atomic mass is 32.1. The van der Waals surface area contributed by atoms with Gasteiger partial charge in [-0.2, -0.15) is 4.68 Å². The molecule has 0 saturated carbocycles. The minimum absolute atomic E-state index is 0.151. The van der Waals surface area contributed by atoms with Gasteiger partial charge in [-0.3, -0.25) is 0 Å². The van der Waals surface area contributed by atoms with E-state index in [1.54, 1.807) is 23.1 Å². The molecule has 0 aliphatic heterocycles. The van der Waals surface area contributed by atoms with Crippen molar-refractivity contribution in [2.45, 2.75) is 27.1 Å². The van der Waals surface area contributed by atoms with Crippen LogP contribution in [0.4, 0.5) is 0 Å². The molecule has 2 aromatic heterocycles. The molecule has 92 valence electrons. The number of hydrogen-bond donors (Lipinski definition) is 1. The summed E-state index contributed by atoms with van der Waals surface area (Å²) in [4.78, 5) is 5.56. The summed E-state index contributed by atoms with van der Waals surface area (Å²) in [6.45, 7) is 4.16. The summed E-state index contributed by atoms with van der Waals surface area (Å²) < 4.78 is 6.72. The zero-order chi connectivity index (χ0) is 12.4. The summed E-state index contributed by atoms with van der Waals surface area (Å²) in [5.74, 6) is 0. The third kappa shape index (κ3) is 2.21. The van der Waals surface area contributed by atoms with Gasteiger partial charge in [-0.05, 0) is 13.8 Å². The van der Waals surface area contributed by atoms with E-state index in [-0.39, 0.29) is 6.61 Å². The van der Waals surface area contributed by atoms with Crippen LogP contribution in [0.3, 0.4) is 0 Å². The largest absolute Gasteiger partial charge is 0.390 e. The zero-order valence-electron chi connectivity index (χ0n) is 9.97. The number of rotatable bonds is 4. The Morgan fingerprint density at radius 2 is 2.18 bits per heavy atom. The molecular formula is C10H14N4O2S. The van der Waals surface area contributed by atoms with E-state index >= 15 is 0 Å². The second-order valence-electron chi connectivity index (χ2n) is 3.62. The van der Waals surface area contributed by atoms with Gasteiger partial charge in [0.05, 0.1) is 24.6 Å². The molecule has 0 atom stereocenters. The molecule has 0 saturated heterocycles. The molecule has 0 aromatic carbocycles. The van der Waals surface area contributed by atoms with Crippen molar-refractivity contribution in [1.29, 1.82) is 0 Å². The molecule has 0 spiro atoms. The third-order valence-electron chi connectivity index (χ3n) is 2.47. The van der Waals surface area contributed by atoms with Gasteiger partial charge in [-0.25, -0.2) is 4.98 Å². The van der Waals surface area contributed by atoms with Crippen LogP contribution < -0.4 is 0 Å². The van der Waals surface area contributed by atoms with Crippen LogP contribution in [0.2, 0.25) is 0 Å². The molecule has 0 aliphatic rings. The first-order chi connectivity index (χ1) is 8.17. The van der Waals surface area contributed by atoms with Gasteiger partial charge >= 0.3 is 0 Å². The lowest BCUT2D eigenvalue weighted by atomic mass is 10.3. The molecule has 0 radical (unpaired) electrons. The average molecular weight is 254 g/mol. The highest BCUT2D eigenvalue weighted by Crippen LogP contribution is 2.22. The molecular weight excluding hydrogens is 240 g/mol. The second-order valence-corrected chi connectivity index (χ2v) is 4.81. The maximum Gasteiger partial charge on any atom is 0.212 e. The lowest BCUT2D eigenvalue weighted by molar-refractivity contribution is 0.175. The van der Waals surface area contributed by atoms with Crippen LogP contribution in [0.15, 0.2) is 0 Å². The molecule has 0 fully saturated rings. The minimum atomic E-state index is -0.151. The molecule has 2 rings (SSSR count). The minimum Gasteiger partial charge on any atom is -0.390 e. The molecule has 7 heteroatoms. The Labute approximate surface area is 103 Å². The number of thiazole rings is 1. The van der Waals surface area contributed by atoms with E-state index in [9.17, 15) is 5.11 Å². The molecule has 1 N–H and O–H groups in total. The van der Waals surface area contributed by atoms with Gasteiger partial charge in [0.1, 0.15) is 5.69 Å². The Bertz CT molecular complexity index is 501. The summed E-state index contributed by atoms with van der Waals surface area (Å²) in [5.41, 5.74) is 2.25. The number of methoxy groups -OCH3 is 1. The summed E-state index contributed by atoms with van der Waals surface area (Å²) in [6.07, 6.45) is 0. The lowest BCUT2D eigenvalue weighted by Gasteiger charge is -2.02. The van der Waals surface area contributed by atoms with E-state index in [0.29, 0.717) is 12.3 Å². The Balaban J connectivity index is 2.47. The first-order valence-electron chi connectivity index (χ1n) is 5.15. The quantitative estimate of drug-likeness (QED) is 0.880. The molecule has 0 bridgehead atoms. The molecule has 6 nitrogen and oxygen atoms in total. The van der Waals surface area contributed by atoms with Gasteiger partial charge in [-0.1, -0.05) is 16.6 Å². The molecule has 0 unspecified atom stereocenters. The highest BCUT2D eigenvalue weighted by molar-refractivity contribution is 7.14. The Morgan fingerprint density at radius 3 is 2.71 bits per heavy atom. The van der Waals surface area contributed by atoms with Gasteiger partial charge in [0, 0.05) is 12.0 Å². The zero-order valence-corrected chi connectivity index (χ0v) is 10.8. The van der Waals surface area contributed by atoms with Crippen LogP contribution in [-0.2, 0) is 18.0 Å². The van der Waals surface area contributed by atoms with Gasteiger partial charge in [0.25, 0.3) is 0 Å². The van der Waals surface area contributed by atoms with Crippen molar-refractivity contribution >= 4 is 11.3 Å². The number of aliphatic hydroxyl groups excluding tert-OH is 1. The summed E-state index contributed by atoms with van der Waals surface area (Å²) in [5, 5.41) is 17.8. The van der Waals surface area contributed by atoms with Crippen LogP contribution >= 0.6 is 11.3 Å². The summed E-state index contributed by atoms with van der Waals surface area (Å²) in [6, 6.07) is 0. The fraction of sp³-hybridized carbons (Fsp3) is 0.500. The van der Waals surface area contributed by atoms with Crippen molar-refractivity contribution < 1.29 is 9.84 Å². The van der Waals surface area contributed by atoms with E-state index in [2.05, 4.69) is 15.3 Å². The lowest BCUT2D eigenvalue weighted by Crippen LogP contribution is -2.04. The topological polar surface area (TPSA) is 73.1 Å². The second kappa shape index (κ2) is 4.91. The van der Waals surface area contributed by atoms with Crippen LogP contribution in [-0.4, -0.2) is 32.2 Å². The molecule has 0 aliphatic carbocycles. The molecule has 17 heavy (non-hydrogen) atoms. The van der Waals surface area contributed by atoms with Crippen molar-refractivity contribution in [1.82, 2.24) is 20.0 Å². The highest BCUT2D eigenvalue weighted by Gasteiger charge is 2.16. The number of hydrogen-bond acceptors (Lipinski definition) is 6. The number of aryl methyl sites for hydroxylation is 2. The summed E-state index contributed by atoms with van der Waals surface area (Å²) >= 11 is 1.54. The predicted octanol–water partition coefficient (Wildman–Crippen LogP) is 0.979. The number of nitrogens with zero attached hydrogens (tertiary/aromatic N) is 4. The Kier molecular flexibility index (Phi) is 3.51. The van der Waals surface area contributed by atoms with Gasteiger partial charge in [0.2, 0.25) is 5.13 Å². The molecule has 2 aromatic rings. The predicted molar refractivity (Wildman–Crippen MR) is 63.1 cm³/mol. The Morgan fingerprint density at radius 1 is 1.41 bits per heavy atom. The van der Waals surface area contributed by atoms with Gasteiger partial charge in [-0.15, -0.1) is 5.10 Å². The van der Waals surface area contributed by atoms with Crippen molar-refractivity contribution in [3.63, 3.8) is 0 Å². The van der Waals surface area contributed by atoms with E-state index < -0.39 is 0 Å². The van der Waals surface area contributed by atoms with Crippen molar-refractivity contribution in [2.75, 3.05) is 7.11 Å². The summed E-state index contributed by atoms with van der Waals surface area (Å²) in [7, 11) is 1.59. The van der Waals surface area contributed by atoms with Crippen LogP contribution in [0.5, 0.6) is 0 Å². The monoisotopic (exact) mass is 254 g/mol. The fourth-order valence-electron chi connectivity index (χ4n) is 1.44. The van der Waals surface area contributed by atoms with Gasteiger partial charge in [0.15, 0.2) is 0 Å². The number of ether oxygens (including phenoxy) is 1.